The lowest BCUT2D eigenvalue weighted by Gasteiger charge is -2.03. The number of rotatable bonds is 2. The van der Waals surface area contributed by atoms with Gasteiger partial charge in [-0.2, -0.15) is 0 Å². The zero-order valence-electron chi connectivity index (χ0n) is 11.8. The van der Waals surface area contributed by atoms with Gasteiger partial charge in [-0.25, -0.2) is 22.4 Å². The molecule has 2 aromatic rings. The average molecular weight is 561 g/mol. The van der Waals surface area contributed by atoms with Crippen molar-refractivity contribution in [2.45, 2.75) is 0 Å². The van der Waals surface area contributed by atoms with Gasteiger partial charge < -0.3 is 5.11 Å². The van der Waals surface area contributed by atoms with Crippen LogP contribution in [-0.4, -0.2) is 16.3 Å². The third-order valence-corrected chi connectivity index (χ3v) is 4.87. The van der Waals surface area contributed by atoms with Gasteiger partial charge in [0.05, 0.1) is 24.6 Å². The minimum atomic E-state index is -1.56. The molecule has 0 heterocycles. The van der Waals surface area contributed by atoms with E-state index in [0.717, 1.165) is 0 Å². The first-order valence-electron chi connectivity index (χ1n) is 5.99. The van der Waals surface area contributed by atoms with Gasteiger partial charge in [0.2, 0.25) is 0 Å². The van der Waals surface area contributed by atoms with E-state index < -0.39 is 60.1 Å². The highest BCUT2D eigenvalue weighted by molar-refractivity contribution is 9.10. The van der Waals surface area contributed by atoms with Crippen LogP contribution in [0, 0.1) is 23.3 Å². The monoisotopic (exact) mass is 558 g/mol. The average Bonchev–Trinajstić information content (AvgIpc) is 2.50. The highest BCUT2D eigenvalue weighted by Crippen LogP contribution is 2.30. The normalized spacial score (nSPS) is 10.2. The molecule has 0 aliphatic carbocycles. The number of carbonyl (C=O) groups is 2. The standard InChI is InChI=1S/C7HBrCl2F2O.C7H2BrClF2O2/c8-5-4(7(10)13)3(11)1-2(9)6(5)12;8-5-4(7(12)13)3(10)1-2(9)6(5)11/h1H;1H,(H,12,13). The lowest BCUT2D eigenvalue weighted by molar-refractivity contribution is 0.0690. The lowest BCUT2D eigenvalue weighted by atomic mass is 10.2. The first-order chi connectivity index (χ1) is 11.9. The lowest BCUT2D eigenvalue weighted by Crippen LogP contribution is -2.03. The van der Waals surface area contributed by atoms with E-state index in [2.05, 4.69) is 31.9 Å². The number of halogens is 9. The van der Waals surface area contributed by atoms with Crippen LogP contribution in [-0.2, 0) is 0 Å². The van der Waals surface area contributed by atoms with Gasteiger partial charge in [-0.05, 0) is 55.6 Å². The van der Waals surface area contributed by atoms with Gasteiger partial charge in [0, 0.05) is 0 Å². The fourth-order valence-corrected chi connectivity index (χ4v) is 3.57. The predicted octanol–water partition coefficient (Wildman–Crippen LogP) is 6.84. The van der Waals surface area contributed by atoms with E-state index in [1.807, 2.05) is 0 Å². The van der Waals surface area contributed by atoms with Crippen LogP contribution in [0.1, 0.15) is 20.7 Å². The first kappa shape index (κ1) is 23.2. The summed E-state index contributed by atoms with van der Waals surface area (Å²) in [5.74, 6) is -5.49. The molecule has 0 saturated heterocycles. The van der Waals surface area contributed by atoms with Crippen LogP contribution in [0.5, 0.6) is 0 Å². The molecule has 0 aliphatic heterocycles. The summed E-state index contributed by atoms with van der Waals surface area (Å²) in [5.41, 5.74) is -1.31. The molecular formula is C14H3Br2Cl3F4O3. The molecule has 2 rings (SSSR count). The molecule has 0 amide bonds. The summed E-state index contributed by atoms with van der Waals surface area (Å²) in [6.07, 6.45) is 0. The molecule has 0 unspecified atom stereocenters. The molecule has 0 aromatic heterocycles. The molecule has 0 atom stereocenters. The van der Waals surface area contributed by atoms with Crippen molar-refractivity contribution in [3.05, 3.63) is 65.5 Å². The Morgan fingerprint density at radius 2 is 1.19 bits per heavy atom. The van der Waals surface area contributed by atoms with Gasteiger partial charge in [0.25, 0.3) is 5.24 Å². The Hall–Kier alpha value is -0.870. The molecule has 0 aliphatic rings. The van der Waals surface area contributed by atoms with Crippen LogP contribution in [0.2, 0.25) is 10.0 Å². The van der Waals surface area contributed by atoms with Crippen molar-refractivity contribution >= 4 is 77.9 Å². The molecule has 0 saturated carbocycles. The molecule has 3 nitrogen and oxygen atoms in total. The predicted molar refractivity (Wildman–Crippen MR) is 95.3 cm³/mol. The largest absolute Gasteiger partial charge is 0.478 e. The molecule has 1 N–H and O–H groups in total. The SMILES string of the molecule is O=C(Cl)c1c(F)cc(Cl)c(F)c1Br.O=C(O)c1c(F)cc(Cl)c(F)c1Br. The number of carbonyl (C=O) groups excluding carboxylic acids is 1. The van der Waals surface area contributed by atoms with Crippen LogP contribution in [0.25, 0.3) is 0 Å². The molecule has 0 spiro atoms. The van der Waals surface area contributed by atoms with E-state index in [4.69, 9.17) is 39.9 Å². The van der Waals surface area contributed by atoms with Crippen molar-refractivity contribution in [1.29, 1.82) is 0 Å². The highest BCUT2D eigenvalue weighted by Gasteiger charge is 2.21. The quantitative estimate of drug-likeness (QED) is 0.189. The number of carboxylic acids is 1. The zero-order chi connectivity index (χ0) is 20.3. The van der Waals surface area contributed by atoms with Crippen LogP contribution in [0.3, 0.4) is 0 Å². The van der Waals surface area contributed by atoms with Crippen molar-refractivity contribution in [3.8, 4) is 0 Å². The summed E-state index contributed by atoms with van der Waals surface area (Å²) in [6, 6.07) is 1.31. The molecule has 12 heteroatoms. The summed E-state index contributed by atoms with van der Waals surface area (Å²) < 4.78 is 50.9. The van der Waals surface area contributed by atoms with E-state index in [9.17, 15) is 27.2 Å². The van der Waals surface area contributed by atoms with Crippen LogP contribution < -0.4 is 0 Å². The van der Waals surface area contributed by atoms with Gasteiger partial charge in [-0.15, -0.1) is 0 Å². The molecule has 2 aromatic carbocycles. The highest BCUT2D eigenvalue weighted by atomic mass is 79.9. The Morgan fingerprint density at radius 1 is 0.846 bits per heavy atom. The maximum Gasteiger partial charge on any atom is 0.339 e. The second kappa shape index (κ2) is 9.36. The van der Waals surface area contributed by atoms with E-state index in [-0.39, 0.29) is 4.47 Å². The van der Waals surface area contributed by atoms with Crippen molar-refractivity contribution in [2.75, 3.05) is 0 Å². The molecule has 0 bridgehead atoms. The van der Waals surface area contributed by atoms with E-state index in [1.165, 1.54) is 0 Å². The number of benzene rings is 2. The maximum atomic E-state index is 13.0. The second-order valence-corrected chi connectivity index (χ2v) is 7.01. The van der Waals surface area contributed by atoms with Crippen molar-refractivity contribution in [2.24, 2.45) is 0 Å². The Labute approximate surface area is 175 Å². The third kappa shape index (κ3) is 5.10. The van der Waals surface area contributed by atoms with Gasteiger partial charge in [-0.3, -0.25) is 4.79 Å². The van der Waals surface area contributed by atoms with Crippen molar-refractivity contribution in [1.82, 2.24) is 0 Å². The maximum absolute atomic E-state index is 13.0. The van der Waals surface area contributed by atoms with E-state index >= 15 is 0 Å². The Bertz CT molecular complexity index is 836. The Morgan fingerprint density at radius 3 is 1.54 bits per heavy atom. The molecular weight excluding hydrogens is 558 g/mol. The van der Waals surface area contributed by atoms with Crippen LogP contribution >= 0.6 is 66.7 Å². The number of hydrogen-bond acceptors (Lipinski definition) is 2. The van der Waals surface area contributed by atoms with Crippen LogP contribution in [0.4, 0.5) is 17.6 Å². The summed E-state index contributed by atoms with van der Waals surface area (Å²) in [5, 5.41) is 6.52. The van der Waals surface area contributed by atoms with Crippen molar-refractivity contribution in [3.63, 3.8) is 0 Å². The minimum Gasteiger partial charge on any atom is -0.478 e. The molecule has 140 valence electrons. The minimum absolute atomic E-state index is 0.363. The summed E-state index contributed by atoms with van der Waals surface area (Å²) in [4.78, 5) is 21.1. The summed E-state index contributed by atoms with van der Waals surface area (Å²) in [7, 11) is 0. The van der Waals surface area contributed by atoms with Gasteiger partial charge >= 0.3 is 5.97 Å². The van der Waals surface area contributed by atoms with Crippen LogP contribution in [0.15, 0.2) is 21.1 Å². The Balaban J connectivity index is 0.000000260. The number of carboxylic acid groups (broad SMARTS) is 1. The zero-order valence-corrected chi connectivity index (χ0v) is 17.3. The number of aromatic carboxylic acids is 1. The molecule has 26 heavy (non-hydrogen) atoms. The Kier molecular flexibility index (Phi) is 8.34. The van der Waals surface area contributed by atoms with E-state index in [1.54, 1.807) is 0 Å². The fourth-order valence-electron chi connectivity index (χ4n) is 1.51. The van der Waals surface area contributed by atoms with Gasteiger partial charge in [0.15, 0.2) is 11.6 Å². The summed E-state index contributed by atoms with van der Waals surface area (Å²) in [6.45, 7) is 0. The molecule has 0 fully saturated rings. The second-order valence-electron chi connectivity index (χ2n) is 4.27. The summed E-state index contributed by atoms with van der Waals surface area (Å²) >= 11 is 20.9. The third-order valence-electron chi connectivity index (χ3n) is 2.64. The van der Waals surface area contributed by atoms with E-state index in [0.29, 0.717) is 12.1 Å². The topological polar surface area (TPSA) is 54.4 Å². The van der Waals surface area contributed by atoms with Gasteiger partial charge in [-0.1, -0.05) is 23.2 Å². The number of hydrogen-bond donors (Lipinski definition) is 1. The first-order valence-corrected chi connectivity index (χ1v) is 8.71. The smallest absolute Gasteiger partial charge is 0.339 e. The van der Waals surface area contributed by atoms with Crippen molar-refractivity contribution < 1.29 is 32.3 Å². The van der Waals surface area contributed by atoms with Gasteiger partial charge in [0.1, 0.15) is 17.2 Å². The molecule has 0 radical (unpaired) electrons. The fraction of sp³-hybridized carbons (Fsp3) is 0.